The molecule has 0 radical (unpaired) electrons. The maximum Gasteiger partial charge on any atom is 0.239 e. The zero-order valence-electron chi connectivity index (χ0n) is 16.3. The normalized spacial score (nSPS) is 11.9. The zero-order valence-corrected chi connectivity index (χ0v) is 17.1. The summed E-state index contributed by atoms with van der Waals surface area (Å²) in [6.07, 6.45) is 2.75. The quantitative estimate of drug-likeness (QED) is 0.451. The molecule has 0 saturated heterocycles. The van der Waals surface area contributed by atoms with E-state index >= 15 is 0 Å². The van der Waals surface area contributed by atoms with Crippen LogP contribution in [-0.4, -0.2) is 39.6 Å². The van der Waals surface area contributed by atoms with Crippen LogP contribution in [0.3, 0.4) is 0 Å². The molecule has 1 heterocycles. The van der Waals surface area contributed by atoms with Crippen LogP contribution >= 0.6 is 0 Å². The summed E-state index contributed by atoms with van der Waals surface area (Å²) < 4.78 is 28.6. The Hall–Kier alpha value is -2.81. The Labute approximate surface area is 165 Å². The molecule has 0 unspecified atom stereocenters. The van der Waals surface area contributed by atoms with E-state index in [1.54, 1.807) is 43.5 Å². The van der Waals surface area contributed by atoms with Gasteiger partial charge in [-0.1, -0.05) is 12.1 Å². The van der Waals surface area contributed by atoms with Crippen molar-refractivity contribution in [1.82, 2.24) is 16.0 Å². The molecule has 9 heteroatoms. The Bertz CT molecular complexity index is 921. The zero-order chi connectivity index (χ0) is 20.6. The van der Waals surface area contributed by atoms with Crippen molar-refractivity contribution >= 4 is 21.7 Å². The van der Waals surface area contributed by atoms with Crippen molar-refractivity contribution in [3.05, 3.63) is 53.5 Å². The number of nitrogens with one attached hydrogen (secondary N) is 3. The average Bonchev–Trinajstić information content (AvgIpc) is 3.15. The van der Waals surface area contributed by atoms with E-state index in [4.69, 9.17) is 4.42 Å². The van der Waals surface area contributed by atoms with E-state index in [1.807, 2.05) is 6.92 Å². The first-order chi connectivity index (χ1) is 13.3. The van der Waals surface area contributed by atoms with Gasteiger partial charge in [-0.05, 0) is 43.2 Å². The van der Waals surface area contributed by atoms with Gasteiger partial charge in [0, 0.05) is 12.8 Å². The number of carbonyl (C=O) groups is 1. The summed E-state index contributed by atoms with van der Waals surface area (Å²) in [5.74, 6) is 0.998. The predicted octanol–water partition coefficient (Wildman–Crippen LogP) is 1.36. The van der Waals surface area contributed by atoms with Crippen molar-refractivity contribution in [2.24, 2.45) is 4.99 Å². The second-order valence-electron chi connectivity index (χ2n) is 6.28. The van der Waals surface area contributed by atoms with Crippen LogP contribution in [0.25, 0.3) is 0 Å². The van der Waals surface area contributed by atoms with E-state index in [-0.39, 0.29) is 12.5 Å². The fourth-order valence-electron chi connectivity index (χ4n) is 2.56. The van der Waals surface area contributed by atoms with Crippen LogP contribution in [0.15, 0.2) is 50.9 Å². The fourth-order valence-corrected chi connectivity index (χ4v) is 3.52. The predicted molar refractivity (Wildman–Crippen MR) is 108 cm³/mol. The summed E-state index contributed by atoms with van der Waals surface area (Å²) >= 11 is 0. The van der Waals surface area contributed by atoms with Gasteiger partial charge in [0.25, 0.3) is 0 Å². The number of sulfone groups is 1. The summed E-state index contributed by atoms with van der Waals surface area (Å²) in [6, 6.07) is 8.69. The van der Waals surface area contributed by atoms with E-state index in [9.17, 15) is 13.2 Å². The van der Waals surface area contributed by atoms with E-state index in [0.29, 0.717) is 41.8 Å². The van der Waals surface area contributed by atoms with Gasteiger partial charge in [0.1, 0.15) is 5.76 Å². The highest BCUT2D eigenvalue weighted by atomic mass is 32.2. The minimum atomic E-state index is -3.24. The van der Waals surface area contributed by atoms with Crippen LogP contribution in [0, 0.1) is 6.92 Å². The van der Waals surface area contributed by atoms with Crippen molar-refractivity contribution in [1.29, 1.82) is 0 Å². The van der Waals surface area contributed by atoms with Crippen molar-refractivity contribution in [2.45, 2.75) is 31.8 Å². The lowest BCUT2D eigenvalue weighted by molar-refractivity contribution is -0.120. The molecule has 0 atom stereocenters. The molecule has 2 rings (SSSR count). The van der Waals surface area contributed by atoms with Crippen LogP contribution in [0.2, 0.25) is 0 Å². The van der Waals surface area contributed by atoms with Crippen molar-refractivity contribution in [3.8, 4) is 0 Å². The first-order valence-corrected chi connectivity index (χ1v) is 10.8. The Morgan fingerprint density at radius 3 is 2.57 bits per heavy atom. The Morgan fingerprint density at radius 1 is 1.18 bits per heavy atom. The third kappa shape index (κ3) is 6.73. The van der Waals surface area contributed by atoms with E-state index in [1.165, 1.54) is 6.26 Å². The van der Waals surface area contributed by atoms with Crippen molar-refractivity contribution in [2.75, 3.05) is 19.3 Å². The topological polar surface area (TPSA) is 113 Å². The molecule has 28 heavy (non-hydrogen) atoms. The third-order valence-electron chi connectivity index (χ3n) is 3.86. The van der Waals surface area contributed by atoms with Gasteiger partial charge in [0.15, 0.2) is 15.8 Å². The lowest BCUT2D eigenvalue weighted by Gasteiger charge is -2.12. The van der Waals surface area contributed by atoms with Crippen LogP contribution in [0.5, 0.6) is 0 Å². The molecule has 1 amide bonds. The number of hydrogen-bond acceptors (Lipinski definition) is 5. The molecular weight excluding hydrogens is 380 g/mol. The molecule has 1 aromatic carbocycles. The number of benzene rings is 1. The number of aryl methyl sites for hydroxylation is 1. The first-order valence-electron chi connectivity index (χ1n) is 8.90. The number of nitrogens with zero attached hydrogens (tertiary/aromatic N) is 1. The van der Waals surface area contributed by atoms with E-state index in [2.05, 4.69) is 20.9 Å². The number of aliphatic imine (C=N–C) groups is 1. The van der Waals surface area contributed by atoms with Gasteiger partial charge >= 0.3 is 0 Å². The largest absolute Gasteiger partial charge is 0.467 e. The molecule has 0 saturated carbocycles. The number of guanidine groups is 1. The van der Waals surface area contributed by atoms with Gasteiger partial charge in [-0.3, -0.25) is 4.79 Å². The highest BCUT2D eigenvalue weighted by Crippen LogP contribution is 2.17. The SMILES string of the molecule is CCNC(=NCc1ccc(S(C)(=O)=O)c(C)c1)NCC(=O)NCc1ccco1. The standard InChI is InChI=1S/C19H26N4O4S/c1-4-20-19(23-13-18(24)21-12-16-6-5-9-27-16)22-11-15-7-8-17(14(2)10-15)28(3,25)26/h5-10H,4,11-13H2,1-3H3,(H,21,24)(H2,20,22,23). The van der Waals surface area contributed by atoms with Crippen LogP contribution in [0.4, 0.5) is 0 Å². The maximum atomic E-state index is 11.9. The molecule has 8 nitrogen and oxygen atoms in total. The first kappa shape index (κ1) is 21.5. The second kappa shape index (κ2) is 9.93. The summed E-state index contributed by atoms with van der Waals surface area (Å²) in [7, 11) is -3.24. The number of rotatable bonds is 8. The van der Waals surface area contributed by atoms with Gasteiger partial charge in [0.05, 0.1) is 30.8 Å². The smallest absolute Gasteiger partial charge is 0.239 e. The molecule has 3 N–H and O–H groups in total. The van der Waals surface area contributed by atoms with Crippen molar-refractivity contribution in [3.63, 3.8) is 0 Å². The Kier molecular flexibility index (Phi) is 7.62. The summed E-state index contributed by atoms with van der Waals surface area (Å²) in [5, 5.41) is 8.79. The highest BCUT2D eigenvalue weighted by molar-refractivity contribution is 7.90. The van der Waals surface area contributed by atoms with Crippen LogP contribution in [-0.2, 0) is 27.7 Å². The number of furan rings is 1. The van der Waals surface area contributed by atoms with E-state index in [0.717, 1.165) is 5.56 Å². The summed E-state index contributed by atoms with van der Waals surface area (Å²) in [4.78, 5) is 16.7. The molecule has 0 aliphatic heterocycles. The molecule has 152 valence electrons. The number of carbonyl (C=O) groups excluding carboxylic acids is 1. The van der Waals surface area contributed by atoms with Crippen LogP contribution < -0.4 is 16.0 Å². The molecule has 1 aromatic heterocycles. The van der Waals surface area contributed by atoms with Gasteiger partial charge < -0.3 is 20.4 Å². The third-order valence-corrected chi connectivity index (χ3v) is 5.12. The second-order valence-corrected chi connectivity index (χ2v) is 8.26. The molecule has 0 aliphatic carbocycles. The molecule has 0 fully saturated rings. The average molecular weight is 407 g/mol. The molecule has 0 bridgehead atoms. The van der Waals surface area contributed by atoms with Gasteiger partial charge in [0.2, 0.25) is 5.91 Å². The lowest BCUT2D eigenvalue weighted by Crippen LogP contribution is -2.43. The van der Waals surface area contributed by atoms with E-state index < -0.39 is 9.84 Å². The summed E-state index contributed by atoms with van der Waals surface area (Å²) in [6.45, 7) is 5.08. The van der Waals surface area contributed by atoms with Crippen LogP contribution in [0.1, 0.15) is 23.8 Å². The minimum Gasteiger partial charge on any atom is -0.467 e. The maximum absolute atomic E-state index is 11.9. The molecule has 2 aromatic rings. The summed E-state index contributed by atoms with van der Waals surface area (Å²) in [5.41, 5.74) is 1.56. The Balaban J connectivity index is 1.92. The minimum absolute atomic E-state index is 0.0680. The fraction of sp³-hybridized carbons (Fsp3) is 0.368. The van der Waals surface area contributed by atoms with Crippen molar-refractivity contribution < 1.29 is 17.6 Å². The lowest BCUT2D eigenvalue weighted by atomic mass is 10.1. The molecule has 0 spiro atoms. The van der Waals surface area contributed by atoms with Gasteiger partial charge in [-0.15, -0.1) is 0 Å². The number of hydrogen-bond donors (Lipinski definition) is 3. The molecule has 0 aliphatic rings. The molecular formula is C19H26N4O4S. The van der Waals surface area contributed by atoms with Gasteiger partial charge in [-0.25, -0.2) is 13.4 Å². The van der Waals surface area contributed by atoms with Gasteiger partial charge in [-0.2, -0.15) is 0 Å². The monoisotopic (exact) mass is 406 g/mol. The Morgan fingerprint density at radius 2 is 1.96 bits per heavy atom. The number of amides is 1. The highest BCUT2D eigenvalue weighted by Gasteiger charge is 2.11.